The van der Waals surface area contributed by atoms with Gasteiger partial charge >= 0.3 is 11.9 Å². The highest BCUT2D eigenvalue weighted by atomic mass is 32.1. The van der Waals surface area contributed by atoms with Crippen LogP contribution in [0.1, 0.15) is 56.9 Å². The topological polar surface area (TPSA) is 109 Å². The van der Waals surface area contributed by atoms with Gasteiger partial charge in [-0.1, -0.05) is 0 Å². The summed E-state index contributed by atoms with van der Waals surface area (Å²) in [5, 5.41) is 6.77. The van der Waals surface area contributed by atoms with E-state index in [0.29, 0.717) is 11.6 Å². The Kier molecular flexibility index (Phi) is 8.18. The summed E-state index contributed by atoms with van der Waals surface area (Å²) in [6, 6.07) is 4.26. The molecule has 0 atom stereocenters. The largest absolute Gasteiger partial charge is 0.468 e. The SMILES string of the molecule is CCOC(=O)c1sc(NC(=O)c2ccn(COc3ccc(F)cc3F)n2)c(C(=O)OC(C)C)c1C. The molecule has 1 amide bonds. The van der Waals surface area contributed by atoms with Crippen LogP contribution in [0.5, 0.6) is 5.75 Å². The lowest BCUT2D eigenvalue weighted by Crippen LogP contribution is -2.18. The number of carbonyl (C=O) groups is 3. The van der Waals surface area contributed by atoms with Crippen molar-refractivity contribution in [1.82, 2.24) is 9.78 Å². The van der Waals surface area contributed by atoms with Crippen LogP contribution in [0, 0.1) is 18.6 Å². The first-order valence-corrected chi connectivity index (χ1v) is 11.4. The second kappa shape index (κ2) is 11.1. The Labute approximate surface area is 203 Å². The molecule has 3 aromatic rings. The predicted octanol–water partition coefficient (Wildman–Crippen LogP) is 4.56. The highest BCUT2D eigenvalue weighted by Crippen LogP contribution is 2.35. The van der Waals surface area contributed by atoms with Crippen molar-refractivity contribution in [2.24, 2.45) is 0 Å². The average molecular weight is 508 g/mol. The molecule has 0 aliphatic carbocycles. The Morgan fingerprint density at radius 3 is 2.57 bits per heavy atom. The molecule has 0 aliphatic heterocycles. The number of esters is 2. The normalized spacial score (nSPS) is 10.8. The fraction of sp³-hybridized carbons (Fsp3) is 0.304. The molecule has 0 spiro atoms. The first-order valence-electron chi connectivity index (χ1n) is 10.5. The van der Waals surface area contributed by atoms with Crippen LogP contribution < -0.4 is 10.1 Å². The van der Waals surface area contributed by atoms with E-state index in [1.807, 2.05) is 0 Å². The van der Waals surface area contributed by atoms with Gasteiger partial charge in [-0.25, -0.2) is 23.1 Å². The molecule has 186 valence electrons. The summed E-state index contributed by atoms with van der Waals surface area (Å²) in [6.45, 7) is 6.48. The fourth-order valence-corrected chi connectivity index (χ4v) is 4.05. The van der Waals surface area contributed by atoms with Gasteiger partial charge in [-0.3, -0.25) is 4.79 Å². The number of nitrogens with zero attached hydrogens (tertiary/aromatic N) is 2. The Morgan fingerprint density at radius 1 is 1.17 bits per heavy atom. The third-order valence-electron chi connectivity index (χ3n) is 4.50. The van der Waals surface area contributed by atoms with E-state index < -0.39 is 35.6 Å². The summed E-state index contributed by atoms with van der Waals surface area (Å²) in [7, 11) is 0. The van der Waals surface area contributed by atoms with Crippen LogP contribution in [0.15, 0.2) is 30.5 Å². The lowest BCUT2D eigenvalue weighted by molar-refractivity contribution is 0.0379. The maximum atomic E-state index is 13.7. The smallest absolute Gasteiger partial charge is 0.348 e. The van der Waals surface area contributed by atoms with Crippen LogP contribution in [0.4, 0.5) is 13.8 Å². The molecule has 0 saturated carbocycles. The second-order valence-electron chi connectivity index (χ2n) is 7.48. The molecule has 0 fully saturated rings. The van der Waals surface area contributed by atoms with E-state index in [1.54, 1.807) is 27.7 Å². The van der Waals surface area contributed by atoms with Crippen molar-refractivity contribution >= 4 is 34.2 Å². The predicted molar refractivity (Wildman–Crippen MR) is 123 cm³/mol. The molecule has 2 heterocycles. The van der Waals surface area contributed by atoms with Gasteiger partial charge in [-0.2, -0.15) is 5.10 Å². The Bertz CT molecular complexity index is 1250. The minimum atomic E-state index is -0.874. The van der Waals surface area contributed by atoms with E-state index in [9.17, 15) is 23.2 Å². The molecule has 12 heteroatoms. The van der Waals surface area contributed by atoms with Crippen molar-refractivity contribution in [3.63, 3.8) is 0 Å². The number of aromatic nitrogens is 2. The lowest BCUT2D eigenvalue weighted by atomic mass is 10.1. The van der Waals surface area contributed by atoms with Crippen molar-refractivity contribution in [3.8, 4) is 5.75 Å². The van der Waals surface area contributed by atoms with Gasteiger partial charge in [-0.05, 0) is 51.5 Å². The average Bonchev–Trinajstić information content (AvgIpc) is 3.37. The summed E-state index contributed by atoms with van der Waals surface area (Å²) in [6.07, 6.45) is 1.01. The van der Waals surface area contributed by atoms with Gasteiger partial charge in [-0.15, -0.1) is 11.3 Å². The van der Waals surface area contributed by atoms with Crippen molar-refractivity contribution in [1.29, 1.82) is 0 Å². The molecule has 0 bridgehead atoms. The molecule has 1 aromatic carbocycles. The maximum Gasteiger partial charge on any atom is 0.348 e. The first kappa shape index (κ1) is 25.8. The second-order valence-corrected chi connectivity index (χ2v) is 8.50. The van der Waals surface area contributed by atoms with Crippen LogP contribution in [0.3, 0.4) is 0 Å². The number of anilines is 1. The molecule has 35 heavy (non-hydrogen) atoms. The van der Waals surface area contributed by atoms with E-state index >= 15 is 0 Å². The molecular weight excluding hydrogens is 484 g/mol. The zero-order valence-electron chi connectivity index (χ0n) is 19.4. The summed E-state index contributed by atoms with van der Waals surface area (Å²) < 4.78 is 43.5. The molecule has 0 unspecified atom stereocenters. The number of thiophene rings is 1. The molecular formula is C23H23F2N3O6S. The molecule has 2 aromatic heterocycles. The third-order valence-corrected chi connectivity index (χ3v) is 5.69. The van der Waals surface area contributed by atoms with Crippen molar-refractivity contribution in [2.75, 3.05) is 11.9 Å². The van der Waals surface area contributed by atoms with Crippen LogP contribution >= 0.6 is 11.3 Å². The van der Waals surface area contributed by atoms with Gasteiger partial charge in [0, 0.05) is 12.3 Å². The first-order chi connectivity index (χ1) is 16.6. The van der Waals surface area contributed by atoms with Crippen LogP contribution in [-0.4, -0.2) is 40.3 Å². The molecule has 0 radical (unpaired) electrons. The minimum absolute atomic E-state index is 0.0277. The third kappa shape index (κ3) is 6.21. The number of carbonyl (C=O) groups excluding carboxylic acids is 3. The van der Waals surface area contributed by atoms with Crippen LogP contribution in [-0.2, 0) is 16.2 Å². The van der Waals surface area contributed by atoms with Crippen molar-refractivity contribution in [2.45, 2.75) is 40.5 Å². The number of hydrogen-bond acceptors (Lipinski definition) is 8. The Hall–Kier alpha value is -3.80. The quantitative estimate of drug-likeness (QED) is 0.423. The van der Waals surface area contributed by atoms with Gasteiger partial charge in [0.15, 0.2) is 24.0 Å². The Balaban J connectivity index is 1.78. The van der Waals surface area contributed by atoms with E-state index in [2.05, 4.69) is 10.4 Å². The molecule has 9 nitrogen and oxygen atoms in total. The molecule has 3 rings (SSSR count). The number of halogens is 2. The summed E-state index contributed by atoms with van der Waals surface area (Å²) in [5.74, 6) is -3.77. The van der Waals surface area contributed by atoms with E-state index in [0.717, 1.165) is 23.5 Å². The number of nitrogens with one attached hydrogen (secondary N) is 1. The Morgan fingerprint density at radius 2 is 1.91 bits per heavy atom. The zero-order valence-corrected chi connectivity index (χ0v) is 20.2. The van der Waals surface area contributed by atoms with Gasteiger partial charge in [0.1, 0.15) is 15.7 Å². The zero-order chi connectivity index (χ0) is 25.7. The number of ether oxygens (including phenoxy) is 3. The van der Waals surface area contributed by atoms with Gasteiger partial charge < -0.3 is 19.5 Å². The van der Waals surface area contributed by atoms with Crippen LogP contribution in [0.25, 0.3) is 0 Å². The van der Waals surface area contributed by atoms with Crippen molar-refractivity contribution < 1.29 is 37.4 Å². The molecule has 0 saturated heterocycles. The standard InChI is InChI=1S/C23H23F2N3O6S/c1-5-32-23(31)19-13(4)18(22(30)34-12(2)3)21(35-19)26-20(29)16-8-9-28(27-16)11-33-17-7-6-14(24)10-15(17)25/h6-10,12H,5,11H2,1-4H3,(H,26,29). The summed E-state index contributed by atoms with van der Waals surface area (Å²) in [5.41, 5.74) is 0.351. The highest BCUT2D eigenvalue weighted by molar-refractivity contribution is 7.18. The van der Waals surface area contributed by atoms with Gasteiger partial charge in [0.2, 0.25) is 0 Å². The van der Waals surface area contributed by atoms with Gasteiger partial charge in [0.25, 0.3) is 5.91 Å². The van der Waals surface area contributed by atoms with Crippen molar-refractivity contribution in [3.05, 3.63) is 63.8 Å². The number of hydrogen-bond donors (Lipinski definition) is 1. The maximum absolute atomic E-state index is 13.7. The minimum Gasteiger partial charge on any atom is -0.468 e. The van der Waals surface area contributed by atoms with Gasteiger partial charge in [0.05, 0.1) is 18.3 Å². The summed E-state index contributed by atoms with van der Waals surface area (Å²) >= 11 is 0.891. The molecule has 0 aliphatic rings. The fourth-order valence-electron chi connectivity index (χ4n) is 2.96. The van der Waals surface area contributed by atoms with E-state index in [1.165, 1.54) is 16.9 Å². The number of benzene rings is 1. The number of amides is 1. The monoisotopic (exact) mass is 507 g/mol. The van der Waals surface area contributed by atoms with Crippen LogP contribution in [0.2, 0.25) is 0 Å². The van der Waals surface area contributed by atoms with E-state index in [-0.39, 0.29) is 40.2 Å². The number of rotatable bonds is 9. The lowest BCUT2D eigenvalue weighted by Gasteiger charge is -2.10. The van der Waals surface area contributed by atoms with E-state index in [4.69, 9.17) is 14.2 Å². The summed E-state index contributed by atoms with van der Waals surface area (Å²) in [4.78, 5) is 38.0. The highest BCUT2D eigenvalue weighted by Gasteiger charge is 2.28. The molecule has 1 N–H and O–H groups in total.